The van der Waals surface area contributed by atoms with Crippen LogP contribution in [0.5, 0.6) is 0 Å². The molecule has 2 heteroatoms. The zero-order chi connectivity index (χ0) is 16.0. The van der Waals surface area contributed by atoms with E-state index in [-0.39, 0.29) is 11.8 Å². The van der Waals surface area contributed by atoms with E-state index in [1.54, 1.807) is 0 Å². The summed E-state index contributed by atoms with van der Waals surface area (Å²) in [6.45, 7) is 15.0. The third-order valence-electron chi connectivity index (χ3n) is 3.77. The van der Waals surface area contributed by atoms with Crippen molar-refractivity contribution in [2.75, 3.05) is 13.1 Å². The van der Waals surface area contributed by atoms with Crippen molar-refractivity contribution in [3.63, 3.8) is 0 Å². The molecule has 21 heavy (non-hydrogen) atoms. The van der Waals surface area contributed by atoms with Gasteiger partial charge in [-0.25, -0.2) is 0 Å². The smallest absolute Gasteiger partial charge is 0.179 e. The van der Waals surface area contributed by atoms with Crippen molar-refractivity contribution in [1.82, 2.24) is 4.90 Å². The summed E-state index contributed by atoms with van der Waals surface area (Å²) in [7, 11) is 0. The number of Topliss-reactive ketones (excluding diaryl/α,β-unsaturated/α-hetero) is 1. The second kappa shape index (κ2) is 8.33. The van der Waals surface area contributed by atoms with E-state index < -0.39 is 0 Å². The molecular formula is C19H31NO. The Morgan fingerprint density at radius 2 is 1.43 bits per heavy atom. The molecule has 0 N–H and O–H groups in total. The number of ketones is 1. The first kappa shape index (κ1) is 17.9. The Balaban J connectivity index is 2.84. The van der Waals surface area contributed by atoms with Crippen LogP contribution in [0.15, 0.2) is 24.3 Å². The minimum atomic E-state index is -0.0534. The van der Waals surface area contributed by atoms with E-state index >= 15 is 0 Å². The lowest BCUT2D eigenvalue weighted by Crippen LogP contribution is -2.43. The van der Waals surface area contributed by atoms with Crippen LogP contribution >= 0.6 is 0 Å². The van der Waals surface area contributed by atoms with Crippen LogP contribution in [0.2, 0.25) is 0 Å². The number of hydrogen-bond acceptors (Lipinski definition) is 2. The zero-order valence-corrected chi connectivity index (χ0v) is 14.5. The molecule has 1 atom stereocenters. The van der Waals surface area contributed by atoms with Crippen LogP contribution in [0.25, 0.3) is 0 Å². The summed E-state index contributed by atoms with van der Waals surface area (Å²) >= 11 is 0. The largest absolute Gasteiger partial charge is 0.293 e. The normalized spacial score (nSPS) is 13.2. The molecule has 0 amide bonds. The van der Waals surface area contributed by atoms with Gasteiger partial charge in [0, 0.05) is 18.7 Å². The number of carbonyl (C=O) groups is 1. The SMILES string of the molecule is CCc1ccc(C(=O)C(C)N(CC(C)C)CC(C)C)cc1. The Bertz CT molecular complexity index is 423. The Morgan fingerprint density at radius 3 is 1.81 bits per heavy atom. The summed E-state index contributed by atoms with van der Waals surface area (Å²) in [4.78, 5) is 15.0. The Labute approximate surface area is 130 Å². The highest BCUT2D eigenvalue weighted by Gasteiger charge is 2.23. The molecule has 0 saturated carbocycles. The molecule has 118 valence electrons. The van der Waals surface area contributed by atoms with Crippen molar-refractivity contribution in [3.8, 4) is 0 Å². The van der Waals surface area contributed by atoms with Crippen LogP contribution in [0, 0.1) is 11.8 Å². The third kappa shape index (κ3) is 5.62. The maximum atomic E-state index is 12.7. The molecule has 1 aromatic rings. The lowest BCUT2D eigenvalue weighted by Gasteiger charge is -2.31. The summed E-state index contributed by atoms with van der Waals surface area (Å²) in [6.07, 6.45) is 1.01. The topological polar surface area (TPSA) is 20.3 Å². The van der Waals surface area contributed by atoms with Gasteiger partial charge in [-0.3, -0.25) is 9.69 Å². The first-order valence-electron chi connectivity index (χ1n) is 8.22. The lowest BCUT2D eigenvalue weighted by atomic mass is 10.00. The van der Waals surface area contributed by atoms with Crippen LogP contribution in [-0.2, 0) is 6.42 Å². The maximum absolute atomic E-state index is 12.7. The van der Waals surface area contributed by atoms with Gasteiger partial charge >= 0.3 is 0 Å². The Hall–Kier alpha value is -1.15. The van der Waals surface area contributed by atoms with Crippen molar-refractivity contribution in [3.05, 3.63) is 35.4 Å². The number of rotatable bonds is 8. The molecule has 0 radical (unpaired) electrons. The first-order chi connectivity index (χ1) is 9.85. The van der Waals surface area contributed by atoms with Gasteiger partial charge in [-0.1, -0.05) is 58.9 Å². The van der Waals surface area contributed by atoms with Gasteiger partial charge in [-0.15, -0.1) is 0 Å². The van der Waals surface area contributed by atoms with Crippen molar-refractivity contribution >= 4 is 5.78 Å². The number of aryl methyl sites for hydroxylation is 1. The second-order valence-corrected chi connectivity index (χ2v) is 6.83. The fraction of sp³-hybridized carbons (Fsp3) is 0.632. The molecule has 0 fully saturated rings. The minimum absolute atomic E-state index is 0.0534. The molecule has 0 saturated heterocycles. The standard InChI is InChI=1S/C19H31NO/c1-7-17-8-10-18(11-9-17)19(21)16(6)20(12-14(2)3)13-15(4)5/h8-11,14-16H,7,12-13H2,1-6H3. The molecular weight excluding hydrogens is 258 g/mol. The van der Waals surface area contributed by atoms with E-state index in [1.807, 2.05) is 19.1 Å². The molecule has 0 aromatic heterocycles. The molecule has 1 aromatic carbocycles. The van der Waals surface area contributed by atoms with Crippen LogP contribution in [0.3, 0.4) is 0 Å². The number of benzene rings is 1. The monoisotopic (exact) mass is 289 g/mol. The van der Waals surface area contributed by atoms with Crippen molar-refractivity contribution in [2.45, 2.75) is 54.0 Å². The zero-order valence-electron chi connectivity index (χ0n) is 14.5. The average Bonchev–Trinajstić information content (AvgIpc) is 2.44. The van der Waals surface area contributed by atoms with Crippen LogP contribution < -0.4 is 0 Å². The second-order valence-electron chi connectivity index (χ2n) is 6.83. The van der Waals surface area contributed by atoms with Crippen LogP contribution in [-0.4, -0.2) is 29.8 Å². The highest BCUT2D eigenvalue weighted by Crippen LogP contribution is 2.14. The average molecular weight is 289 g/mol. The Kier molecular flexibility index (Phi) is 7.10. The van der Waals surface area contributed by atoms with Crippen molar-refractivity contribution in [1.29, 1.82) is 0 Å². The predicted octanol–water partition coefficient (Wildman–Crippen LogP) is 4.43. The number of nitrogens with zero attached hydrogens (tertiary/aromatic N) is 1. The third-order valence-corrected chi connectivity index (χ3v) is 3.77. The highest BCUT2D eigenvalue weighted by atomic mass is 16.1. The predicted molar refractivity (Wildman–Crippen MR) is 90.9 cm³/mol. The van der Waals surface area contributed by atoms with Gasteiger partial charge in [0.15, 0.2) is 5.78 Å². The van der Waals surface area contributed by atoms with Gasteiger partial charge in [-0.05, 0) is 30.7 Å². The molecule has 1 rings (SSSR count). The molecule has 0 heterocycles. The molecule has 0 spiro atoms. The lowest BCUT2D eigenvalue weighted by molar-refractivity contribution is 0.0801. The fourth-order valence-corrected chi connectivity index (χ4v) is 2.64. The van der Waals surface area contributed by atoms with E-state index in [9.17, 15) is 4.79 Å². The van der Waals surface area contributed by atoms with Crippen molar-refractivity contribution < 1.29 is 4.79 Å². The summed E-state index contributed by atoms with van der Waals surface area (Å²) in [5, 5.41) is 0. The molecule has 0 aliphatic rings. The van der Waals surface area contributed by atoms with E-state index in [2.05, 4.69) is 51.7 Å². The molecule has 2 nitrogen and oxygen atoms in total. The maximum Gasteiger partial charge on any atom is 0.179 e. The molecule has 0 aliphatic carbocycles. The van der Waals surface area contributed by atoms with E-state index in [0.29, 0.717) is 11.8 Å². The summed E-state index contributed by atoms with van der Waals surface area (Å²) in [5.41, 5.74) is 2.11. The van der Waals surface area contributed by atoms with Gasteiger partial charge in [0.1, 0.15) is 0 Å². The summed E-state index contributed by atoms with van der Waals surface area (Å²) in [6, 6.07) is 8.02. The molecule has 0 aliphatic heterocycles. The summed E-state index contributed by atoms with van der Waals surface area (Å²) < 4.78 is 0. The summed E-state index contributed by atoms with van der Waals surface area (Å²) in [5.74, 6) is 1.38. The van der Waals surface area contributed by atoms with Gasteiger partial charge in [0.2, 0.25) is 0 Å². The van der Waals surface area contributed by atoms with Crippen LogP contribution in [0.4, 0.5) is 0 Å². The van der Waals surface area contributed by atoms with Gasteiger partial charge in [0.25, 0.3) is 0 Å². The highest BCUT2D eigenvalue weighted by molar-refractivity contribution is 5.99. The quantitative estimate of drug-likeness (QED) is 0.660. The van der Waals surface area contributed by atoms with Gasteiger partial charge < -0.3 is 0 Å². The van der Waals surface area contributed by atoms with Crippen LogP contribution in [0.1, 0.15) is 57.5 Å². The minimum Gasteiger partial charge on any atom is -0.293 e. The van der Waals surface area contributed by atoms with E-state index in [4.69, 9.17) is 0 Å². The molecule has 0 bridgehead atoms. The van der Waals surface area contributed by atoms with E-state index in [1.165, 1.54) is 5.56 Å². The van der Waals surface area contributed by atoms with E-state index in [0.717, 1.165) is 25.1 Å². The number of hydrogen-bond donors (Lipinski definition) is 0. The molecule has 1 unspecified atom stereocenters. The van der Waals surface area contributed by atoms with Crippen molar-refractivity contribution in [2.24, 2.45) is 11.8 Å². The van der Waals surface area contributed by atoms with Gasteiger partial charge in [-0.2, -0.15) is 0 Å². The first-order valence-corrected chi connectivity index (χ1v) is 8.22. The van der Waals surface area contributed by atoms with Gasteiger partial charge in [0.05, 0.1) is 6.04 Å². The Morgan fingerprint density at radius 1 is 0.952 bits per heavy atom. The number of carbonyl (C=O) groups excluding carboxylic acids is 1. The fourth-order valence-electron chi connectivity index (χ4n) is 2.64.